The topological polar surface area (TPSA) is 89.9 Å². The Morgan fingerprint density at radius 1 is 0.955 bits per heavy atom. The van der Waals surface area contributed by atoms with E-state index in [-0.39, 0.29) is 25.4 Å². The van der Waals surface area contributed by atoms with Gasteiger partial charge in [-0.3, -0.25) is 4.79 Å². The molecule has 0 heterocycles. The van der Waals surface area contributed by atoms with Crippen molar-refractivity contribution in [1.82, 2.24) is 0 Å². The largest absolute Gasteiger partial charge is 0.462 e. The van der Waals surface area contributed by atoms with E-state index in [1.807, 2.05) is 0 Å². The predicted octanol–water partition coefficient (Wildman–Crippen LogP) is 1.12. The second-order valence-electron chi connectivity index (χ2n) is 4.49. The van der Waals surface area contributed by atoms with Crippen LogP contribution >= 0.6 is 0 Å². The summed E-state index contributed by atoms with van der Waals surface area (Å²) in [5, 5.41) is 9.60. The lowest BCUT2D eigenvalue weighted by molar-refractivity contribution is -0.150. The molecule has 0 aromatic heterocycles. The number of aliphatic hydroxyl groups excluding tert-OH is 1. The number of carbonyl (C=O) groups excluding carboxylic acids is 3. The quantitative estimate of drug-likeness (QED) is 0.454. The summed E-state index contributed by atoms with van der Waals surface area (Å²) in [5.74, 6) is -1.64. The van der Waals surface area contributed by atoms with Gasteiger partial charge < -0.3 is 14.6 Å². The number of aliphatic hydroxyl groups is 1. The van der Waals surface area contributed by atoms with Gasteiger partial charge in [-0.15, -0.1) is 0 Å². The minimum Gasteiger partial charge on any atom is -0.462 e. The first-order valence-corrected chi connectivity index (χ1v) is 6.45. The number of esters is 2. The lowest BCUT2D eigenvalue weighted by Gasteiger charge is -2.29. The van der Waals surface area contributed by atoms with Crippen molar-refractivity contribution in [2.24, 2.45) is 5.41 Å². The molecule has 120 valence electrons. The van der Waals surface area contributed by atoms with Gasteiger partial charge in [0.1, 0.15) is 13.2 Å². The fourth-order valence-electron chi connectivity index (χ4n) is 1.37. The Bertz CT molecular complexity index is 451. The Labute approximate surface area is 129 Å². The molecule has 0 bridgehead atoms. The molecule has 0 radical (unpaired) electrons. The van der Waals surface area contributed by atoms with Gasteiger partial charge in [-0.1, -0.05) is 25.8 Å². The molecule has 1 N–H and O–H groups in total. The first-order valence-electron chi connectivity index (χ1n) is 6.45. The monoisotopic (exact) mass is 308 g/mol. The molecule has 0 rings (SSSR count). The Morgan fingerprint density at radius 2 is 1.45 bits per heavy atom. The van der Waals surface area contributed by atoms with E-state index in [1.54, 1.807) is 0 Å². The fraction of sp³-hybridized carbons (Fsp3) is 0.312. The fourth-order valence-corrected chi connectivity index (χ4v) is 1.37. The van der Waals surface area contributed by atoms with Crippen molar-refractivity contribution in [2.75, 3.05) is 19.8 Å². The number of allylic oxidation sites excluding steroid dienone is 3. The van der Waals surface area contributed by atoms with Gasteiger partial charge in [-0.25, -0.2) is 9.59 Å². The molecule has 0 saturated carbocycles. The highest BCUT2D eigenvalue weighted by Crippen LogP contribution is 2.24. The predicted molar refractivity (Wildman–Crippen MR) is 80.8 cm³/mol. The first kappa shape index (κ1) is 19.5. The lowest BCUT2D eigenvalue weighted by atomic mass is 9.86. The van der Waals surface area contributed by atoms with Gasteiger partial charge in [0.15, 0.2) is 5.78 Å². The van der Waals surface area contributed by atoms with Gasteiger partial charge in [0, 0.05) is 12.2 Å². The maximum absolute atomic E-state index is 11.2. The summed E-state index contributed by atoms with van der Waals surface area (Å²) in [5.41, 5.74) is -1.06. The van der Waals surface area contributed by atoms with Crippen LogP contribution in [0, 0.1) is 5.41 Å². The highest BCUT2D eigenvalue weighted by Gasteiger charge is 2.32. The summed E-state index contributed by atoms with van der Waals surface area (Å²) in [6.07, 6.45) is 6.00. The molecule has 6 nitrogen and oxygen atoms in total. The zero-order valence-corrected chi connectivity index (χ0v) is 12.3. The minimum absolute atomic E-state index is 0.151. The third-order valence-electron chi connectivity index (χ3n) is 2.74. The summed E-state index contributed by atoms with van der Waals surface area (Å²) in [7, 11) is 0. The van der Waals surface area contributed by atoms with Crippen molar-refractivity contribution in [1.29, 1.82) is 0 Å². The van der Waals surface area contributed by atoms with Crippen LogP contribution in [0.25, 0.3) is 0 Å². The SMILES string of the molecule is C=CC(=O)/C=C\CC(CO)(COC(=O)C=C)COC(=O)C=C. The van der Waals surface area contributed by atoms with Crippen LogP contribution in [0.3, 0.4) is 0 Å². The first-order chi connectivity index (χ1) is 10.4. The van der Waals surface area contributed by atoms with Crippen LogP contribution in [0.1, 0.15) is 6.42 Å². The Balaban J connectivity index is 4.99. The van der Waals surface area contributed by atoms with Crippen molar-refractivity contribution in [3.05, 3.63) is 50.1 Å². The van der Waals surface area contributed by atoms with E-state index in [0.29, 0.717) is 0 Å². The van der Waals surface area contributed by atoms with Gasteiger partial charge in [0.25, 0.3) is 0 Å². The number of ether oxygens (including phenoxy) is 2. The van der Waals surface area contributed by atoms with Crippen molar-refractivity contribution in [3.8, 4) is 0 Å². The molecule has 0 aromatic rings. The maximum Gasteiger partial charge on any atom is 0.330 e. The van der Waals surface area contributed by atoms with Crippen molar-refractivity contribution < 1.29 is 29.0 Å². The van der Waals surface area contributed by atoms with Crippen molar-refractivity contribution >= 4 is 17.7 Å². The number of hydrogen-bond acceptors (Lipinski definition) is 6. The van der Waals surface area contributed by atoms with Crippen LogP contribution in [0.5, 0.6) is 0 Å². The second-order valence-corrected chi connectivity index (χ2v) is 4.49. The molecule has 0 aliphatic carbocycles. The van der Waals surface area contributed by atoms with Crippen LogP contribution in [0.4, 0.5) is 0 Å². The average Bonchev–Trinajstić information content (AvgIpc) is 2.55. The van der Waals surface area contributed by atoms with E-state index in [1.165, 1.54) is 12.2 Å². The zero-order valence-electron chi connectivity index (χ0n) is 12.3. The van der Waals surface area contributed by atoms with E-state index in [2.05, 4.69) is 19.7 Å². The number of carbonyl (C=O) groups is 3. The number of hydrogen-bond donors (Lipinski definition) is 1. The van der Waals surface area contributed by atoms with E-state index in [9.17, 15) is 19.5 Å². The third kappa shape index (κ3) is 7.35. The van der Waals surface area contributed by atoms with Gasteiger partial charge in [-0.2, -0.15) is 0 Å². The Kier molecular flexibility index (Phi) is 9.13. The summed E-state index contributed by atoms with van der Waals surface area (Å²) in [4.78, 5) is 33.5. The molecule has 0 unspecified atom stereocenters. The molecule has 0 aliphatic heterocycles. The molecule has 0 fully saturated rings. The highest BCUT2D eigenvalue weighted by atomic mass is 16.5. The average molecular weight is 308 g/mol. The van der Waals surface area contributed by atoms with E-state index < -0.39 is 24.0 Å². The normalized spacial score (nSPS) is 10.8. The summed E-state index contributed by atoms with van der Waals surface area (Å²) in [6.45, 7) is 9.03. The van der Waals surface area contributed by atoms with Crippen molar-refractivity contribution in [2.45, 2.75) is 6.42 Å². The van der Waals surface area contributed by atoms with E-state index in [0.717, 1.165) is 18.2 Å². The smallest absolute Gasteiger partial charge is 0.330 e. The van der Waals surface area contributed by atoms with E-state index >= 15 is 0 Å². The molecule has 0 saturated heterocycles. The Morgan fingerprint density at radius 3 is 1.82 bits per heavy atom. The molecule has 0 aromatic carbocycles. The molecule has 6 heteroatoms. The molecule has 0 amide bonds. The highest BCUT2D eigenvalue weighted by molar-refractivity contribution is 5.98. The third-order valence-corrected chi connectivity index (χ3v) is 2.74. The van der Waals surface area contributed by atoms with Crippen LogP contribution in [0.15, 0.2) is 50.1 Å². The molecule has 22 heavy (non-hydrogen) atoms. The maximum atomic E-state index is 11.2. The summed E-state index contributed by atoms with van der Waals surface area (Å²) in [6, 6.07) is 0. The second kappa shape index (κ2) is 10.3. The summed E-state index contributed by atoms with van der Waals surface area (Å²) >= 11 is 0. The van der Waals surface area contributed by atoms with Gasteiger partial charge in [0.05, 0.1) is 12.0 Å². The van der Waals surface area contributed by atoms with Crippen LogP contribution in [-0.2, 0) is 23.9 Å². The zero-order chi connectivity index (χ0) is 17.0. The summed E-state index contributed by atoms with van der Waals surface area (Å²) < 4.78 is 9.85. The lowest BCUT2D eigenvalue weighted by Crippen LogP contribution is -2.37. The minimum atomic E-state index is -1.06. The Hall–Kier alpha value is -2.47. The van der Waals surface area contributed by atoms with Crippen LogP contribution in [-0.4, -0.2) is 42.6 Å². The molecule has 0 spiro atoms. The molecular weight excluding hydrogens is 288 g/mol. The molecule has 0 atom stereocenters. The van der Waals surface area contributed by atoms with E-state index in [4.69, 9.17) is 9.47 Å². The van der Waals surface area contributed by atoms with Crippen LogP contribution < -0.4 is 0 Å². The van der Waals surface area contributed by atoms with Gasteiger partial charge >= 0.3 is 11.9 Å². The number of ketones is 1. The van der Waals surface area contributed by atoms with Crippen molar-refractivity contribution in [3.63, 3.8) is 0 Å². The van der Waals surface area contributed by atoms with Gasteiger partial charge in [0.2, 0.25) is 0 Å². The standard InChI is InChI=1S/C16H20O6/c1-4-13(18)8-7-9-16(10-17,11-21-14(19)5-2)12-22-15(20)6-3/h4-8,17H,1-3,9-12H2/b8-7-. The molecular formula is C16H20O6. The molecule has 0 aliphatic rings. The van der Waals surface area contributed by atoms with Gasteiger partial charge in [-0.05, 0) is 18.6 Å². The van der Waals surface area contributed by atoms with Crippen LogP contribution in [0.2, 0.25) is 0 Å². The number of rotatable bonds is 11.